The van der Waals surface area contributed by atoms with Gasteiger partial charge in [0.2, 0.25) is 0 Å². The van der Waals surface area contributed by atoms with Gasteiger partial charge in [-0.25, -0.2) is 9.59 Å². The van der Waals surface area contributed by atoms with Gasteiger partial charge in [-0.15, -0.1) is 0 Å². The summed E-state index contributed by atoms with van der Waals surface area (Å²) in [4.78, 5) is 66.5. The van der Waals surface area contributed by atoms with Crippen LogP contribution in [0.25, 0.3) is 0 Å². The second-order valence-electron chi connectivity index (χ2n) is 10.0. The van der Waals surface area contributed by atoms with Crippen molar-refractivity contribution in [3.63, 3.8) is 0 Å². The van der Waals surface area contributed by atoms with E-state index < -0.39 is 34.6 Å². The summed E-state index contributed by atoms with van der Waals surface area (Å²) in [6.45, 7) is 2.63. The lowest BCUT2D eigenvalue weighted by molar-refractivity contribution is -0.384. The summed E-state index contributed by atoms with van der Waals surface area (Å²) < 4.78 is 10.9. The lowest BCUT2D eigenvalue weighted by Crippen LogP contribution is -2.34. The highest BCUT2D eigenvalue weighted by molar-refractivity contribution is 6.00. The van der Waals surface area contributed by atoms with Crippen LogP contribution in [0.5, 0.6) is 5.75 Å². The first kappa shape index (κ1) is 32.9. The largest absolute Gasteiger partial charge is 0.507 e. The van der Waals surface area contributed by atoms with Gasteiger partial charge in [0.25, 0.3) is 17.5 Å². The number of nitro benzene ring substituents is 1. The molecule has 0 fully saturated rings. The Morgan fingerprint density at radius 2 is 1.52 bits per heavy atom. The number of non-ortho nitro benzene ring substituents is 1. The molecule has 46 heavy (non-hydrogen) atoms. The van der Waals surface area contributed by atoms with Gasteiger partial charge < -0.3 is 30.5 Å². The van der Waals surface area contributed by atoms with Gasteiger partial charge in [-0.3, -0.25) is 24.7 Å². The number of dihydropyridines is 1. The highest BCUT2D eigenvalue weighted by atomic mass is 16.6. The molecule has 2 heterocycles. The Balaban J connectivity index is 1.50. The molecule has 0 saturated heterocycles. The van der Waals surface area contributed by atoms with Crippen LogP contribution in [-0.4, -0.2) is 65.1 Å². The number of allylic oxidation sites excluding steroid dienone is 2. The lowest BCUT2D eigenvalue weighted by atomic mass is 9.80. The Morgan fingerprint density at radius 3 is 2.11 bits per heavy atom. The fraction of sp³-hybridized carbons (Fsp3) is 0.219. The second kappa shape index (κ2) is 15.1. The van der Waals surface area contributed by atoms with Gasteiger partial charge >= 0.3 is 11.9 Å². The number of pyridine rings is 1. The van der Waals surface area contributed by atoms with Crippen LogP contribution in [0.3, 0.4) is 0 Å². The van der Waals surface area contributed by atoms with Crippen molar-refractivity contribution < 1.29 is 38.7 Å². The molecule has 0 aliphatic carbocycles. The van der Waals surface area contributed by atoms with Crippen molar-refractivity contribution in [3.05, 3.63) is 122 Å². The summed E-state index contributed by atoms with van der Waals surface area (Å²) >= 11 is 0. The molecule has 1 aliphatic heterocycles. The van der Waals surface area contributed by atoms with Crippen molar-refractivity contribution in [2.45, 2.75) is 19.8 Å². The molecule has 1 aliphatic rings. The number of nitrogens with one attached hydrogen (secondary N) is 3. The zero-order chi connectivity index (χ0) is 33.2. The Bertz CT molecular complexity index is 1720. The minimum absolute atomic E-state index is 0.00922. The number of nitro groups is 1. The first-order valence-corrected chi connectivity index (χ1v) is 14.1. The van der Waals surface area contributed by atoms with Crippen molar-refractivity contribution in [3.8, 4) is 5.75 Å². The molecule has 4 N–H and O–H groups in total. The fourth-order valence-electron chi connectivity index (χ4n) is 4.82. The van der Waals surface area contributed by atoms with Crippen molar-refractivity contribution in [2.75, 3.05) is 26.3 Å². The molecule has 238 valence electrons. The van der Waals surface area contributed by atoms with E-state index in [-0.39, 0.29) is 60.0 Å². The standard InChI is InChI=1S/C32H31N5O9/c1-19-26(31(41)45-15-13-34-29(39)22-8-6-12-33-18-22)28(21-7-5-9-23(17-21)37(43)44)27(20(2)36-19)32(42)46-16-14-35-30(40)24-10-3-4-11-25(24)38/h3-12,17-18,28,36,38H,13-16H2,1-2H3,(H,34,39)(H,35,40). The van der Waals surface area contributed by atoms with Crippen LogP contribution in [0, 0.1) is 10.1 Å². The second-order valence-corrected chi connectivity index (χ2v) is 10.0. The van der Waals surface area contributed by atoms with Gasteiger partial charge in [-0.1, -0.05) is 24.3 Å². The van der Waals surface area contributed by atoms with E-state index in [1.807, 2.05) is 0 Å². The summed E-state index contributed by atoms with van der Waals surface area (Å²) in [6.07, 6.45) is 2.92. The van der Waals surface area contributed by atoms with E-state index in [4.69, 9.17) is 9.47 Å². The average Bonchev–Trinajstić information content (AvgIpc) is 3.05. The number of nitrogens with zero attached hydrogens (tertiary/aromatic N) is 2. The molecule has 1 aromatic heterocycles. The predicted octanol–water partition coefficient (Wildman–Crippen LogP) is 2.88. The van der Waals surface area contributed by atoms with Crippen LogP contribution in [0.2, 0.25) is 0 Å². The molecule has 1 atom stereocenters. The van der Waals surface area contributed by atoms with Crippen molar-refractivity contribution >= 4 is 29.4 Å². The molecular formula is C32H31N5O9. The number of phenolic OH excluding ortho intramolecular Hbond substituents is 1. The number of aromatic nitrogens is 1. The van der Waals surface area contributed by atoms with Crippen LogP contribution in [0.15, 0.2) is 95.6 Å². The van der Waals surface area contributed by atoms with Gasteiger partial charge in [0.05, 0.1) is 46.2 Å². The molecule has 0 saturated carbocycles. The molecule has 2 aromatic carbocycles. The van der Waals surface area contributed by atoms with Crippen LogP contribution >= 0.6 is 0 Å². The first-order chi connectivity index (χ1) is 22.1. The highest BCUT2D eigenvalue weighted by Crippen LogP contribution is 2.40. The number of hydrogen-bond acceptors (Lipinski definition) is 11. The normalized spacial score (nSPS) is 14.2. The number of benzene rings is 2. The molecule has 14 heteroatoms. The summed E-state index contributed by atoms with van der Waals surface area (Å²) in [5, 5.41) is 29.6. The topological polar surface area (TPSA) is 199 Å². The maximum atomic E-state index is 13.5. The number of aromatic hydroxyl groups is 1. The van der Waals surface area contributed by atoms with E-state index in [0.717, 1.165) is 0 Å². The minimum atomic E-state index is -1.11. The molecule has 14 nitrogen and oxygen atoms in total. The summed E-state index contributed by atoms with van der Waals surface area (Å²) in [5.74, 6) is -3.94. The zero-order valence-electron chi connectivity index (χ0n) is 24.9. The molecule has 2 amide bonds. The smallest absolute Gasteiger partial charge is 0.336 e. The number of carbonyl (C=O) groups is 4. The Kier molecular flexibility index (Phi) is 10.8. The van der Waals surface area contributed by atoms with Crippen LogP contribution in [0.1, 0.15) is 46.0 Å². The van der Waals surface area contributed by atoms with E-state index >= 15 is 0 Å². The number of carbonyl (C=O) groups excluding carboxylic acids is 4. The van der Waals surface area contributed by atoms with Gasteiger partial charge in [-0.2, -0.15) is 0 Å². The van der Waals surface area contributed by atoms with Gasteiger partial charge in [-0.05, 0) is 43.7 Å². The Labute approximate surface area is 263 Å². The Hall–Kier alpha value is -6.05. The summed E-state index contributed by atoms with van der Waals surface area (Å²) in [7, 11) is 0. The maximum Gasteiger partial charge on any atom is 0.336 e. The monoisotopic (exact) mass is 629 g/mol. The third-order valence-corrected chi connectivity index (χ3v) is 6.93. The average molecular weight is 630 g/mol. The fourth-order valence-corrected chi connectivity index (χ4v) is 4.82. The Morgan fingerprint density at radius 1 is 0.891 bits per heavy atom. The van der Waals surface area contributed by atoms with E-state index in [9.17, 15) is 34.4 Å². The number of hydrogen-bond donors (Lipinski definition) is 4. The van der Waals surface area contributed by atoms with Gasteiger partial charge in [0, 0.05) is 35.9 Å². The van der Waals surface area contributed by atoms with E-state index in [1.54, 1.807) is 44.2 Å². The zero-order valence-corrected chi connectivity index (χ0v) is 24.9. The molecule has 0 spiro atoms. The maximum absolute atomic E-state index is 13.5. The van der Waals surface area contributed by atoms with Gasteiger partial charge in [0.1, 0.15) is 19.0 Å². The first-order valence-electron chi connectivity index (χ1n) is 14.1. The summed E-state index contributed by atoms with van der Waals surface area (Å²) in [5.41, 5.74) is 1.12. The van der Waals surface area contributed by atoms with Crippen molar-refractivity contribution in [1.29, 1.82) is 0 Å². The predicted molar refractivity (Wildman–Crippen MR) is 163 cm³/mol. The van der Waals surface area contributed by atoms with E-state index in [2.05, 4.69) is 20.9 Å². The third kappa shape index (κ3) is 7.91. The molecule has 1 unspecified atom stereocenters. The molecule has 0 bridgehead atoms. The molecule has 4 rings (SSSR count). The quantitative estimate of drug-likeness (QED) is 0.0994. The van der Waals surface area contributed by atoms with Gasteiger partial charge in [0.15, 0.2) is 0 Å². The summed E-state index contributed by atoms with van der Waals surface area (Å²) in [6, 6.07) is 14.7. The number of rotatable bonds is 12. The van der Waals surface area contributed by atoms with Crippen molar-refractivity contribution in [1.82, 2.24) is 20.9 Å². The van der Waals surface area contributed by atoms with Crippen LogP contribution in [0.4, 0.5) is 5.69 Å². The number of phenols is 1. The number of esters is 2. The van der Waals surface area contributed by atoms with E-state index in [0.29, 0.717) is 17.0 Å². The molecule has 3 aromatic rings. The molecular weight excluding hydrogens is 598 g/mol. The SMILES string of the molecule is CC1=C(C(=O)OCCNC(=O)c2cccnc2)C(c2cccc([N+](=O)[O-])c2)C(C(=O)OCCNC(=O)c2ccccc2O)=C(C)N1. The number of amides is 2. The van der Waals surface area contributed by atoms with Crippen LogP contribution < -0.4 is 16.0 Å². The lowest BCUT2D eigenvalue weighted by Gasteiger charge is -2.30. The van der Waals surface area contributed by atoms with E-state index in [1.165, 1.54) is 42.7 Å². The number of para-hydroxylation sites is 1. The third-order valence-electron chi connectivity index (χ3n) is 6.93. The molecule has 0 radical (unpaired) electrons. The van der Waals surface area contributed by atoms with Crippen LogP contribution in [-0.2, 0) is 19.1 Å². The highest BCUT2D eigenvalue weighted by Gasteiger charge is 2.38. The minimum Gasteiger partial charge on any atom is -0.507 e. The van der Waals surface area contributed by atoms with Crippen molar-refractivity contribution in [2.24, 2.45) is 0 Å². The number of ether oxygens (including phenoxy) is 2.